The molecule has 3 rings (SSSR count). The highest BCUT2D eigenvalue weighted by Gasteiger charge is 2.33. The van der Waals surface area contributed by atoms with Gasteiger partial charge in [0.15, 0.2) is 4.32 Å². The van der Waals surface area contributed by atoms with Gasteiger partial charge in [0.2, 0.25) is 0 Å². The Morgan fingerprint density at radius 1 is 1.26 bits per heavy atom. The van der Waals surface area contributed by atoms with Crippen molar-refractivity contribution in [3.05, 3.63) is 70.4 Å². The fraction of sp³-hybridized carbons (Fsp3) is 0.182. The van der Waals surface area contributed by atoms with Gasteiger partial charge in [0.05, 0.1) is 10.6 Å². The molecule has 2 aromatic carbocycles. The molecule has 2 N–H and O–H groups in total. The molecule has 0 aliphatic carbocycles. The van der Waals surface area contributed by atoms with Gasteiger partial charge in [-0.05, 0) is 48.4 Å². The molecule has 0 saturated carbocycles. The molecule has 0 radical (unpaired) electrons. The Kier molecular flexibility index (Phi) is 7.19. The van der Waals surface area contributed by atoms with E-state index in [-0.39, 0.29) is 15.8 Å². The van der Waals surface area contributed by atoms with E-state index in [1.807, 2.05) is 6.92 Å². The highest BCUT2D eigenvalue weighted by molar-refractivity contribution is 8.27. The number of carbonyl (C=O) groups excluding carboxylic acids is 2. The molecule has 9 heteroatoms. The Balaban J connectivity index is 1.83. The highest BCUT2D eigenvalue weighted by atomic mass is 32.2. The molecule has 1 fully saturated rings. The predicted octanol–water partition coefficient (Wildman–Crippen LogP) is 4.21. The van der Waals surface area contributed by atoms with Crippen LogP contribution in [-0.2, 0) is 9.59 Å². The summed E-state index contributed by atoms with van der Waals surface area (Å²) in [6, 6.07) is 11.1. The summed E-state index contributed by atoms with van der Waals surface area (Å²) in [5.41, 5.74) is 1.13. The SMILES string of the molecule is CCCC(NC(=O)c1cccc(N2C(=O)/C(=C/c3cccc(F)c3)SC2=S)c1)C(=O)O. The van der Waals surface area contributed by atoms with Gasteiger partial charge >= 0.3 is 5.97 Å². The van der Waals surface area contributed by atoms with Crippen LogP contribution >= 0.6 is 24.0 Å². The molecule has 0 spiro atoms. The molecule has 2 aromatic rings. The predicted molar refractivity (Wildman–Crippen MR) is 122 cm³/mol. The molecular weight excluding hydrogens is 439 g/mol. The molecule has 1 aliphatic heterocycles. The van der Waals surface area contributed by atoms with Crippen LogP contribution in [0, 0.1) is 5.82 Å². The van der Waals surface area contributed by atoms with Gasteiger partial charge < -0.3 is 10.4 Å². The van der Waals surface area contributed by atoms with Gasteiger partial charge in [-0.25, -0.2) is 9.18 Å². The summed E-state index contributed by atoms with van der Waals surface area (Å²) in [7, 11) is 0. The fourth-order valence-corrected chi connectivity index (χ4v) is 4.31. The summed E-state index contributed by atoms with van der Waals surface area (Å²) in [5, 5.41) is 11.7. The van der Waals surface area contributed by atoms with Gasteiger partial charge in [-0.1, -0.05) is 55.5 Å². The average molecular weight is 459 g/mol. The Hall–Kier alpha value is -3.04. The molecule has 0 aromatic heterocycles. The number of carboxylic acid groups (broad SMARTS) is 1. The van der Waals surface area contributed by atoms with Crippen molar-refractivity contribution in [2.24, 2.45) is 0 Å². The van der Waals surface area contributed by atoms with Crippen LogP contribution in [0.2, 0.25) is 0 Å². The van der Waals surface area contributed by atoms with Crippen LogP contribution in [0.3, 0.4) is 0 Å². The second kappa shape index (κ2) is 9.84. The summed E-state index contributed by atoms with van der Waals surface area (Å²) >= 11 is 6.42. The first kappa shape index (κ1) is 22.6. The molecule has 2 amide bonds. The van der Waals surface area contributed by atoms with Crippen LogP contribution in [0.4, 0.5) is 10.1 Å². The van der Waals surface area contributed by atoms with Crippen LogP contribution < -0.4 is 10.2 Å². The number of rotatable bonds is 7. The van der Waals surface area contributed by atoms with Gasteiger partial charge in [0.1, 0.15) is 11.9 Å². The van der Waals surface area contributed by atoms with E-state index in [2.05, 4.69) is 5.32 Å². The van der Waals surface area contributed by atoms with E-state index in [9.17, 15) is 23.9 Å². The minimum absolute atomic E-state index is 0.211. The normalized spacial score (nSPS) is 15.9. The maximum atomic E-state index is 13.4. The van der Waals surface area contributed by atoms with E-state index in [4.69, 9.17) is 12.2 Å². The van der Waals surface area contributed by atoms with E-state index in [1.54, 1.807) is 30.3 Å². The number of thioether (sulfide) groups is 1. The smallest absolute Gasteiger partial charge is 0.326 e. The van der Waals surface area contributed by atoms with Crippen molar-refractivity contribution in [2.75, 3.05) is 4.90 Å². The Morgan fingerprint density at radius 2 is 2.00 bits per heavy atom. The lowest BCUT2D eigenvalue weighted by atomic mass is 10.1. The number of thiocarbonyl (C=S) groups is 1. The number of nitrogens with zero attached hydrogens (tertiary/aromatic N) is 1. The molecule has 0 bridgehead atoms. The number of hydrogen-bond acceptors (Lipinski definition) is 5. The quantitative estimate of drug-likeness (QED) is 0.477. The molecule has 31 heavy (non-hydrogen) atoms. The minimum atomic E-state index is -1.11. The third kappa shape index (κ3) is 5.36. The first-order chi connectivity index (χ1) is 14.8. The third-order valence-electron chi connectivity index (χ3n) is 4.49. The van der Waals surface area contributed by atoms with Crippen molar-refractivity contribution in [3.8, 4) is 0 Å². The van der Waals surface area contributed by atoms with Crippen LogP contribution in [0.5, 0.6) is 0 Å². The molecule has 1 heterocycles. The maximum Gasteiger partial charge on any atom is 0.326 e. The molecule has 1 unspecified atom stereocenters. The van der Waals surface area contributed by atoms with Gasteiger partial charge in [-0.15, -0.1) is 0 Å². The topological polar surface area (TPSA) is 86.7 Å². The van der Waals surface area contributed by atoms with Crippen LogP contribution in [0.25, 0.3) is 6.08 Å². The van der Waals surface area contributed by atoms with Crippen molar-refractivity contribution in [1.82, 2.24) is 5.32 Å². The second-order valence-electron chi connectivity index (χ2n) is 6.78. The van der Waals surface area contributed by atoms with Crippen LogP contribution in [-0.4, -0.2) is 33.3 Å². The van der Waals surface area contributed by atoms with Crippen LogP contribution in [0.1, 0.15) is 35.7 Å². The molecule has 160 valence electrons. The van der Waals surface area contributed by atoms with Gasteiger partial charge in [0.25, 0.3) is 11.8 Å². The lowest BCUT2D eigenvalue weighted by Gasteiger charge is -2.17. The van der Waals surface area contributed by atoms with Crippen molar-refractivity contribution < 1.29 is 23.9 Å². The van der Waals surface area contributed by atoms with Gasteiger partial charge in [-0.2, -0.15) is 0 Å². The number of amides is 2. The summed E-state index contributed by atoms with van der Waals surface area (Å²) in [4.78, 5) is 38.4. The fourth-order valence-electron chi connectivity index (χ4n) is 3.01. The van der Waals surface area contributed by atoms with Crippen molar-refractivity contribution in [2.45, 2.75) is 25.8 Å². The standard InChI is InChI=1S/C22H19FN2O4S2/c1-2-5-17(21(28)29)24-19(26)14-7-4-9-16(12-14)25-20(27)18(31-22(25)30)11-13-6-3-8-15(23)10-13/h3-4,6-12,17H,2,5H2,1H3,(H,24,26)(H,28,29)/b18-11-. The molecule has 1 aliphatic rings. The number of anilines is 1. The van der Waals surface area contributed by atoms with E-state index in [0.29, 0.717) is 29.0 Å². The lowest BCUT2D eigenvalue weighted by Crippen LogP contribution is -2.40. The highest BCUT2D eigenvalue weighted by Crippen LogP contribution is 2.36. The lowest BCUT2D eigenvalue weighted by molar-refractivity contribution is -0.139. The minimum Gasteiger partial charge on any atom is -0.480 e. The number of carboxylic acids is 1. The number of halogens is 1. The molecule has 1 atom stereocenters. The summed E-state index contributed by atoms with van der Waals surface area (Å²) < 4.78 is 13.7. The monoisotopic (exact) mass is 458 g/mol. The van der Waals surface area contributed by atoms with E-state index in [1.165, 1.54) is 29.2 Å². The number of hydrogen-bond donors (Lipinski definition) is 2. The van der Waals surface area contributed by atoms with E-state index in [0.717, 1.165) is 11.8 Å². The first-order valence-corrected chi connectivity index (χ1v) is 10.7. The first-order valence-electron chi connectivity index (χ1n) is 9.47. The van der Waals surface area contributed by atoms with Gasteiger partial charge in [0, 0.05) is 5.56 Å². The Bertz CT molecular complexity index is 1090. The average Bonchev–Trinajstić information content (AvgIpc) is 3.00. The number of aliphatic carboxylic acids is 1. The third-order valence-corrected chi connectivity index (χ3v) is 5.79. The zero-order chi connectivity index (χ0) is 22.5. The zero-order valence-corrected chi connectivity index (χ0v) is 18.1. The summed E-state index contributed by atoms with van der Waals surface area (Å²) in [6.07, 6.45) is 2.47. The van der Waals surface area contributed by atoms with Crippen LogP contribution in [0.15, 0.2) is 53.4 Å². The zero-order valence-electron chi connectivity index (χ0n) is 16.5. The van der Waals surface area contributed by atoms with E-state index < -0.39 is 23.7 Å². The maximum absolute atomic E-state index is 13.4. The van der Waals surface area contributed by atoms with Crippen molar-refractivity contribution in [3.63, 3.8) is 0 Å². The van der Waals surface area contributed by atoms with Gasteiger partial charge in [-0.3, -0.25) is 14.5 Å². The van der Waals surface area contributed by atoms with Crippen molar-refractivity contribution >= 4 is 57.8 Å². The van der Waals surface area contributed by atoms with E-state index >= 15 is 0 Å². The second-order valence-corrected chi connectivity index (χ2v) is 8.45. The molecular formula is C22H19FN2O4S2. The molecule has 6 nitrogen and oxygen atoms in total. The van der Waals surface area contributed by atoms with Crippen molar-refractivity contribution in [1.29, 1.82) is 0 Å². The molecule has 1 saturated heterocycles. The number of benzene rings is 2. The Morgan fingerprint density at radius 3 is 2.68 bits per heavy atom. The number of nitrogens with one attached hydrogen (secondary N) is 1. The largest absolute Gasteiger partial charge is 0.480 e. The number of carbonyl (C=O) groups is 3. The summed E-state index contributed by atoms with van der Waals surface area (Å²) in [6.45, 7) is 1.83. The Labute approximate surface area is 188 Å². The summed E-state index contributed by atoms with van der Waals surface area (Å²) in [5.74, 6) is -2.45.